The molecule has 25 heavy (non-hydrogen) atoms. The number of aliphatic carboxylic acids is 1. The summed E-state index contributed by atoms with van der Waals surface area (Å²) in [6, 6.07) is 9.32. The van der Waals surface area contributed by atoms with Crippen LogP contribution >= 0.6 is 11.8 Å². The molecule has 0 radical (unpaired) electrons. The maximum atomic E-state index is 12.8. The number of fused-ring (bicyclic) bond motifs is 1. The highest BCUT2D eigenvalue weighted by molar-refractivity contribution is 7.98. The Morgan fingerprint density at radius 3 is 2.56 bits per heavy atom. The van der Waals surface area contributed by atoms with Gasteiger partial charge in [-0.05, 0) is 35.3 Å². The first-order chi connectivity index (χ1) is 12.0. The van der Waals surface area contributed by atoms with Crippen LogP contribution in [0.15, 0.2) is 36.4 Å². The summed E-state index contributed by atoms with van der Waals surface area (Å²) in [4.78, 5) is 36.2. The Morgan fingerprint density at radius 2 is 1.92 bits per heavy atom. The SMILES string of the molecule is COC(=O)c1ccc2ccccc2c1C(=O)N[C@@H](CCSC)C(=O)O. The van der Waals surface area contributed by atoms with E-state index in [2.05, 4.69) is 5.32 Å². The van der Waals surface area contributed by atoms with Gasteiger partial charge in [-0.3, -0.25) is 4.79 Å². The lowest BCUT2D eigenvalue weighted by Gasteiger charge is -2.16. The summed E-state index contributed by atoms with van der Waals surface area (Å²) in [5.74, 6) is -1.77. The van der Waals surface area contributed by atoms with E-state index in [1.54, 1.807) is 18.2 Å². The molecular formula is C18H19NO5S. The van der Waals surface area contributed by atoms with Gasteiger partial charge in [0.15, 0.2) is 0 Å². The van der Waals surface area contributed by atoms with Gasteiger partial charge in [0.25, 0.3) is 5.91 Å². The fraction of sp³-hybridized carbons (Fsp3) is 0.278. The van der Waals surface area contributed by atoms with Gasteiger partial charge in [-0.15, -0.1) is 0 Å². The molecule has 7 heteroatoms. The van der Waals surface area contributed by atoms with Gasteiger partial charge in [0.05, 0.1) is 18.2 Å². The molecule has 0 fully saturated rings. The summed E-state index contributed by atoms with van der Waals surface area (Å²) in [7, 11) is 1.23. The van der Waals surface area contributed by atoms with E-state index < -0.39 is 23.9 Å². The summed E-state index contributed by atoms with van der Waals surface area (Å²) in [6.45, 7) is 0. The Kier molecular flexibility index (Phi) is 6.41. The third kappa shape index (κ3) is 4.30. The molecule has 0 spiro atoms. The second-order valence-electron chi connectivity index (χ2n) is 5.35. The van der Waals surface area contributed by atoms with Crippen LogP contribution in [-0.2, 0) is 9.53 Å². The van der Waals surface area contributed by atoms with E-state index >= 15 is 0 Å². The van der Waals surface area contributed by atoms with Crippen LogP contribution in [-0.4, -0.2) is 48.1 Å². The highest BCUT2D eigenvalue weighted by Gasteiger charge is 2.25. The lowest BCUT2D eigenvalue weighted by molar-refractivity contribution is -0.139. The van der Waals surface area contributed by atoms with E-state index in [9.17, 15) is 19.5 Å². The summed E-state index contributed by atoms with van der Waals surface area (Å²) in [6.07, 6.45) is 2.15. The van der Waals surface area contributed by atoms with E-state index in [4.69, 9.17) is 4.74 Å². The number of rotatable bonds is 7. The molecule has 0 saturated carbocycles. The number of amides is 1. The first kappa shape index (κ1) is 18.8. The van der Waals surface area contributed by atoms with Crippen molar-refractivity contribution < 1.29 is 24.2 Å². The number of carboxylic acids is 1. The van der Waals surface area contributed by atoms with E-state index in [0.717, 1.165) is 5.39 Å². The second-order valence-corrected chi connectivity index (χ2v) is 6.33. The Bertz CT molecular complexity index is 805. The van der Waals surface area contributed by atoms with Crippen molar-refractivity contribution in [3.63, 3.8) is 0 Å². The van der Waals surface area contributed by atoms with Crippen LogP contribution in [0.5, 0.6) is 0 Å². The van der Waals surface area contributed by atoms with Crippen molar-refractivity contribution >= 4 is 40.4 Å². The molecular weight excluding hydrogens is 342 g/mol. The van der Waals surface area contributed by atoms with Crippen molar-refractivity contribution in [1.82, 2.24) is 5.32 Å². The van der Waals surface area contributed by atoms with Crippen LogP contribution in [0.25, 0.3) is 10.8 Å². The minimum atomic E-state index is -1.11. The largest absolute Gasteiger partial charge is 0.480 e. The minimum Gasteiger partial charge on any atom is -0.480 e. The van der Waals surface area contributed by atoms with Gasteiger partial charge >= 0.3 is 11.9 Å². The highest BCUT2D eigenvalue weighted by atomic mass is 32.2. The van der Waals surface area contributed by atoms with Crippen LogP contribution in [0.1, 0.15) is 27.1 Å². The maximum Gasteiger partial charge on any atom is 0.338 e. The third-order valence-electron chi connectivity index (χ3n) is 3.78. The average molecular weight is 361 g/mol. The molecule has 0 bridgehead atoms. The van der Waals surface area contributed by atoms with E-state index in [1.807, 2.05) is 18.4 Å². The molecule has 2 N–H and O–H groups in total. The number of benzene rings is 2. The van der Waals surface area contributed by atoms with Crippen molar-refractivity contribution in [2.45, 2.75) is 12.5 Å². The number of hydrogen-bond donors (Lipinski definition) is 2. The molecule has 2 aromatic carbocycles. The normalized spacial score (nSPS) is 11.8. The van der Waals surface area contributed by atoms with Gasteiger partial charge < -0.3 is 15.2 Å². The lowest BCUT2D eigenvalue weighted by Crippen LogP contribution is -2.41. The summed E-state index contributed by atoms with van der Waals surface area (Å²) < 4.78 is 4.75. The molecule has 6 nitrogen and oxygen atoms in total. The van der Waals surface area contributed by atoms with Gasteiger partial charge in [0.1, 0.15) is 6.04 Å². The highest BCUT2D eigenvalue weighted by Crippen LogP contribution is 2.23. The molecule has 0 aliphatic rings. The van der Waals surface area contributed by atoms with Crippen molar-refractivity contribution in [2.24, 2.45) is 0 Å². The number of thioether (sulfide) groups is 1. The van der Waals surface area contributed by atoms with Crippen molar-refractivity contribution in [1.29, 1.82) is 0 Å². The van der Waals surface area contributed by atoms with Gasteiger partial charge in [-0.2, -0.15) is 11.8 Å². The average Bonchev–Trinajstić information content (AvgIpc) is 2.62. The molecule has 0 aliphatic carbocycles. The van der Waals surface area contributed by atoms with Gasteiger partial charge in [-0.25, -0.2) is 9.59 Å². The number of nitrogens with one attached hydrogen (secondary N) is 1. The fourth-order valence-electron chi connectivity index (χ4n) is 2.52. The van der Waals surface area contributed by atoms with Crippen molar-refractivity contribution in [2.75, 3.05) is 19.1 Å². The molecule has 0 unspecified atom stereocenters. The molecule has 0 saturated heterocycles. The van der Waals surface area contributed by atoms with Gasteiger partial charge in [-0.1, -0.05) is 30.3 Å². The maximum absolute atomic E-state index is 12.8. The fourth-order valence-corrected chi connectivity index (χ4v) is 2.99. The quantitative estimate of drug-likeness (QED) is 0.736. The first-order valence-corrected chi connectivity index (χ1v) is 9.01. The Hall–Kier alpha value is -2.54. The van der Waals surface area contributed by atoms with Crippen molar-refractivity contribution in [3.8, 4) is 0 Å². The van der Waals surface area contributed by atoms with Gasteiger partial charge in [0, 0.05) is 0 Å². The van der Waals surface area contributed by atoms with E-state index in [-0.39, 0.29) is 11.1 Å². The van der Waals surface area contributed by atoms with Gasteiger partial charge in [0.2, 0.25) is 0 Å². The lowest BCUT2D eigenvalue weighted by atomic mass is 9.97. The van der Waals surface area contributed by atoms with Crippen molar-refractivity contribution in [3.05, 3.63) is 47.5 Å². The first-order valence-electron chi connectivity index (χ1n) is 7.62. The zero-order valence-corrected chi connectivity index (χ0v) is 14.8. The van der Waals surface area contributed by atoms with Crippen LogP contribution < -0.4 is 5.32 Å². The number of esters is 1. The molecule has 0 aromatic heterocycles. The standard InChI is InChI=1S/C18H19NO5S/c1-24-18(23)13-8-7-11-5-3-4-6-12(11)15(13)16(20)19-14(17(21)22)9-10-25-2/h3-8,14H,9-10H2,1-2H3,(H,19,20)(H,21,22)/t14-/m0/s1. The van der Waals surface area contributed by atoms with Crippen LogP contribution in [0.3, 0.4) is 0 Å². The molecule has 0 heterocycles. The molecule has 1 amide bonds. The number of carbonyl (C=O) groups excluding carboxylic acids is 2. The smallest absolute Gasteiger partial charge is 0.338 e. The second kappa shape index (κ2) is 8.53. The zero-order valence-electron chi connectivity index (χ0n) is 13.9. The van der Waals surface area contributed by atoms with Crippen LogP contribution in [0.4, 0.5) is 0 Å². The molecule has 0 aliphatic heterocycles. The minimum absolute atomic E-state index is 0.104. The Labute approximate surface area is 149 Å². The van der Waals surface area contributed by atoms with Crippen LogP contribution in [0, 0.1) is 0 Å². The summed E-state index contributed by atoms with van der Waals surface area (Å²) >= 11 is 1.50. The number of carboxylic acid groups (broad SMARTS) is 1. The molecule has 1 atom stereocenters. The Morgan fingerprint density at radius 1 is 1.20 bits per heavy atom. The van der Waals surface area contributed by atoms with E-state index in [1.165, 1.54) is 24.9 Å². The van der Waals surface area contributed by atoms with E-state index in [0.29, 0.717) is 17.6 Å². The predicted octanol–water partition coefficient (Wildman–Crippen LogP) is 2.56. The Balaban J connectivity index is 2.47. The number of carbonyl (C=O) groups is 3. The van der Waals surface area contributed by atoms with Crippen LogP contribution in [0.2, 0.25) is 0 Å². The third-order valence-corrected chi connectivity index (χ3v) is 4.42. The monoisotopic (exact) mass is 361 g/mol. The molecule has 132 valence electrons. The number of hydrogen-bond acceptors (Lipinski definition) is 5. The summed E-state index contributed by atoms with van der Waals surface area (Å²) in [5, 5.41) is 13.2. The molecule has 2 aromatic rings. The zero-order chi connectivity index (χ0) is 18.4. The predicted molar refractivity (Wildman–Crippen MR) is 97.2 cm³/mol. The number of ether oxygens (including phenoxy) is 1. The summed E-state index contributed by atoms with van der Waals surface area (Å²) in [5.41, 5.74) is 0.230. The molecule has 2 rings (SSSR count). The topological polar surface area (TPSA) is 92.7 Å². The number of methoxy groups -OCH3 is 1.